The molecule has 1 aliphatic heterocycles. The molecular formula is C11H14BN3O. The summed E-state index contributed by atoms with van der Waals surface area (Å²) in [6, 6.07) is 5.37. The Bertz CT molecular complexity index is 422. The molecule has 2 rings (SSSR count). The third kappa shape index (κ3) is 2.04. The van der Waals surface area contributed by atoms with E-state index in [1.807, 2.05) is 6.07 Å². The molecule has 4 N–H and O–H groups in total. The van der Waals surface area contributed by atoms with Gasteiger partial charge >= 0.3 is 0 Å². The number of amides is 1. The van der Waals surface area contributed by atoms with Gasteiger partial charge in [0.15, 0.2) is 0 Å². The van der Waals surface area contributed by atoms with Crippen LogP contribution in [0.2, 0.25) is 0 Å². The third-order valence-corrected chi connectivity index (χ3v) is 2.85. The van der Waals surface area contributed by atoms with Crippen molar-refractivity contribution >= 4 is 24.9 Å². The average Bonchev–Trinajstić information content (AvgIpc) is 2.64. The Morgan fingerprint density at radius 1 is 1.50 bits per heavy atom. The number of nitrogens with two attached hydrogens (primary N) is 2. The van der Waals surface area contributed by atoms with Crippen molar-refractivity contribution in [1.29, 1.82) is 0 Å². The van der Waals surface area contributed by atoms with E-state index in [0.717, 1.165) is 25.2 Å². The van der Waals surface area contributed by atoms with E-state index in [-0.39, 0.29) is 6.04 Å². The molecule has 16 heavy (non-hydrogen) atoms. The fourth-order valence-electron chi connectivity index (χ4n) is 2.03. The molecule has 5 heteroatoms. The van der Waals surface area contributed by atoms with Gasteiger partial charge in [-0.05, 0) is 12.5 Å². The van der Waals surface area contributed by atoms with Crippen molar-refractivity contribution in [3.63, 3.8) is 0 Å². The molecule has 1 atom stereocenters. The topological polar surface area (TPSA) is 72.3 Å². The number of anilines is 1. The van der Waals surface area contributed by atoms with Crippen LogP contribution in [-0.2, 0) is 0 Å². The molecule has 82 valence electrons. The smallest absolute Gasteiger partial charge is 0.250 e. The van der Waals surface area contributed by atoms with Gasteiger partial charge < -0.3 is 16.4 Å². The summed E-state index contributed by atoms with van der Waals surface area (Å²) in [6.07, 6.45) is 0.933. The zero-order chi connectivity index (χ0) is 11.7. The van der Waals surface area contributed by atoms with Crippen LogP contribution >= 0.6 is 0 Å². The van der Waals surface area contributed by atoms with Crippen LogP contribution in [0.25, 0.3) is 0 Å². The van der Waals surface area contributed by atoms with Crippen molar-refractivity contribution < 1.29 is 4.79 Å². The van der Waals surface area contributed by atoms with Gasteiger partial charge in [-0.15, -0.1) is 0 Å². The summed E-state index contributed by atoms with van der Waals surface area (Å²) >= 11 is 0. The van der Waals surface area contributed by atoms with Crippen LogP contribution in [0.5, 0.6) is 0 Å². The molecular weight excluding hydrogens is 201 g/mol. The first kappa shape index (κ1) is 11.0. The molecule has 0 bridgehead atoms. The second-order valence-electron chi connectivity index (χ2n) is 4.14. The Labute approximate surface area is 96.0 Å². The largest absolute Gasteiger partial charge is 0.369 e. The van der Waals surface area contributed by atoms with E-state index in [4.69, 9.17) is 19.3 Å². The monoisotopic (exact) mass is 215 g/mol. The Morgan fingerprint density at radius 2 is 2.25 bits per heavy atom. The lowest BCUT2D eigenvalue weighted by molar-refractivity contribution is 0.100. The van der Waals surface area contributed by atoms with Crippen LogP contribution in [0.3, 0.4) is 0 Å². The molecule has 1 unspecified atom stereocenters. The predicted molar refractivity (Wildman–Crippen MR) is 65.2 cm³/mol. The van der Waals surface area contributed by atoms with Gasteiger partial charge in [0.25, 0.3) is 5.91 Å². The van der Waals surface area contributed by atoms with E-state index < -0.39 is 5.91 Å². The first-order valence-electron chi connectivity index (χ1n) is 5.28. The van der Waals surface area contributed by atoms with Crippen LogP contribution in [0.1, 0.15) is 16.8 Å². The zero-order valence-electron chi connectivity index (χ0n) is 9.02. The van der Waals surface area contributed by atoms with Gasteiger partial charge in [-0.1, -0.05) is 17.6 Å². The number of benzene rings is 1. The molecule has 0 aromatic heterocycles. The van der Waals surface area contributed by atoms with Gasteiger partial charge in [0.05, 0.1) is 5.56 Å². The Balaban J connectivity index is 2.36. The van der Waals surface area contributed by atoms with Crippen LogP contribution in [-0.4, -0.2) is 32.9 Å². The van der Waals surface area contributed by atoms with Crippen molar-refractivity contribution in [1.82, 2.24) is 0 Å². The van der Waals surface area contributed by atoms with E-state index in [0.29, 0.717) is 11.0 Å². The lowest BCUT2D eigenvalue weighted by Crippen LogP contribution is -2.29. The van der Waals surface area contributed by atoms with Crippen molar-refractivity contribution in [2.45, 2.75) is 12.5 Å². The molecule has 1 aliphatic rings. The molecule has 0 spiro atoms. The normalized spacial score (nSPS) is 20.1. The standard InChI is InChI=1S/C11H14BN3O/c12-7-1-2-10(9(5-7)11(14)16)15-4-3-8(13)6-15/h1-2,5,8H,3-4,6,13H2,(H2,14,16). The van der Waals surface area contributed by atoms with E-state index in [1.165, 1.54) is 0 Å². The maximum absolute atomic E-state index is 11.3. The highest BCUT2D eigenvalue weighted by Crippen LogP contribution is 2.23. The second kappa shape index (κ2) is 4.18. The van der Waals surface area contributed by atoms with E-state index in [2.05, 4.69) is 4.90 Å². The summed E-state index contributed by atoms with van der Waals surface area (Å²) < 4.78 is 0. The fourth-order valence-corrected chi connectivity index (χ4v) is 2.03. The van der Waals surface area contributed by atoms with Gasteiger partial charge in [-0.2, -0.15) is 0 Å². The summed E-state index contributed by atoms with van der Waals surface area (Å²) in [5, 5.41) is 0. The Kier molecular flexibility index (Phi) is 2.87. The number of nitrogens with zero attached hydrogens (tertiary/aromatic N) is 1. The molecule has 2 radical (unpaired) electrons. The first-order chi connectivity index (χ1) is 7.58. The summed E-state index contributed by atoms with van der Waals surface area (Å²) in [6.45, 7) is 1.61. The number of hydrogen-bond donors (Lipinski definition) is 2. The minimum atomic E-state index is -0.456. The van der Waals surface area contributed by atoms with E-state index in [9.17, 15) is 4.79 Å². The van der Waals surface area contributed by atoms with Crippen molar-refractivity contribution in [2.75, 3.05) is 18.0 Å². The molecule has 1 heterocycles. The van der Waals surface area contributed by atoms with Crippen LogP contribution < -0.4 is 21.8 Å². The average molecular weight is 215 g/mol. The van der Waals surface area contributed by atoms with Crippen molar-refractivity contribution in [3.8, 4) is 0 Å². The molecule has 1 aromatic carbocycles. The zero-order valence-corrected chi connectivity index (χ0v) is 9.02. The summed E-state index contributed by atoms with van der Waals surface area (Å²) in [7, 11) is 5.64. The molecule has 1 saturated heterocycles. The predicted octanol–water partition coefficient (Wildman–Crippen LogP) is -0.883. The third-order valence-electron chi connectivity index (χ3n) is 2.85. The fraction of sp³-hybridized carbons (Fsp3) is 0.364. The molecule has 1 aromatic rings. The molecule has 0 aliphatic carbocycles. The van der Waals surface area contributed by atoms with Crippen LogP contribution in [0.4, 0.5) is 5.69 Å². The quantitative estimate of drug-likeness (QED) is 0.629. The van der Waals surface area contributed by atoms with Crippen molar-refractivity contribution in [2.24, 2.45) is 11.5 Å². The minimum absolute atomic E-state index is 0.165. The maximum Gasteiger partial charge on any atom is 0.250 e. The molecule has 4 nitrogen and oxygen atoms in total. The first-order valence-corrected chi connectivity index (χ1v) is 5.28. The maximum atomic E-state index is 11.3. The summed E-state index contributed by atoms with van der Waals surface area (Å²) in [5.41, 5.74) is 13.0. The number of hydrogen-bond acceptors (Lipinski definition) is 3. The number of carbonyl (C=O) groups is 1. The van der Waals surface area contributed by atoms with Crippen LogP contribution in [0, 0.1) is 0 Å². The van der Waals surface area contributed by atoms with Gasteiger partial charge in [0.1, 0.15) is 7.85 Å². The highest BCUT2D eigenvalue weighted by atomic mass is 16.1. The molecule has 1 fully saturated rings. The number of rotatable bonds is 2. The number of carbonyl (C=O) groups excluding carboxylic acids is 1. The highest BCUT2D eigenvalue weighted by molar-refractivity contribution is 6.33. The van der Waals surface area contributed by atoms with E-state index >= 15 is 0 Å². The number of primary amides is 1. The lowest BCUT2D eigenvalue weighted by atomic mass is 9.93. The van der Waals surface area contributed by atoms with Gasteiger partial charge in [-0.25, -0.2) is 0 Å². The summed E-state index contributed by atoms with van der Waals surface area (Å²) in [5.74, 6) is -0.456. The minimum Gasteiger partial charge on any atom is -0.369 e. The summed E-state index contributed by atoms with van der Waals surface area (Å²) in [4.78, 5) is 13.4. The lowest BCUT2D eigenvalue weighted by Gasteiger charge is -2.21. The van der Waals surface area contributed by atoms with Gasteiger partial charge in [-0.3, -0.25) is 4.79 Å². The van der Waals surface area contributed by atoms with Gasteiger partial charge in [0, 0.05) is 24.8 Å². The van der Waals surface area contributed by atoms with E-state index in [1.54, 1.807) is 12.1 Å². The van der Waals surface area contributed by atoms with Crippen molar-refractivity contribution in [3.05, 3.63) is 23.8 Å². The van der Waals surface area contributed by atoms with Gasteiger partial charge in [0.2, 0.25) is 0 Å². The second-order valence-corrected chi connectivity index (χ2v) is 4.14. The SMILES string of the molecule is [B]c1ccc(N2CCC(N)C2)c(C(N)=O)c1. The Morgan fingerprint density at radius 3 is 2.81 bits per heavy atom. The van der Waals surface area contributed by atoms with Crippen LogP contribution in [0.15, 0.2) is 18.2 Å². The molecule has 0 saturated carbocycles. The Hall–Kier alpha value is -1.49. The highest BCUT2D eigenvalue weighted by Gasteiger charge is 2.22. The molecule has 1 amide bonds.